The molecule has 2 aromatic carbocycles. The van der Waals surface area contributed by atoms with Crippen LogP contribution in [0.1, 0.15) is 39.9 Å². The van der Waals surface area contributed by atoms with Crippen molar-refractivity contribution in [3.8, 4) is 0 Å². The normalized spacial score (nSPS) is 15.1. The maximum Gasteiger partial charge on any atom is 0.253 e. The monoisotopic (exact) mass is 386 g/mol. The highest BCUT2D eigenvalue weighted by Crippen LogP contribution is 2.21. The van der Waals surface area contributed by atoms with Crippen molar-refractivity contribution in [2.24, 2.45) is 0 Å². The van der Waals surface area contributed by atoms with Crippen LogP contribution in [0.2, 0.25) is 0 Å². The third-order valence-corrected chi connectivity index (χ3v) is 6.97. The summed E-state index contributed by atoms with van der Waals surface area (Å²) >= 11 is 0. The highest BCUT2D eigenvalue weighted by Gasteiger charge is 2.27. The van der Waals surface area contributed by atoms with Crippen LogP contribution in [-0.2, 0) is 16.6 Å². The molecule has 3 rings (SSSR count). The number of nitrogens with zero attached hydrogens (tertiary/aromatic N) is 2. The number of aryl methyl sites for hydroxylation is 2. The van der Waals surface area contributed by atoms with E-state index in [2.05, 4.69) is 6.07 Å². The molecular formula is C21H26N2O3S. The van der Waals surface area contributed by atoms with Gasteiger partial charge in [-0.2, -0.15) is 4.31 Å². The Morgan fingerprint density at radius 3 is 2.26 bits per heavy atom. The summed E-state index contributed by atoms with van der Waals surface area (Å²) < 4.78 is 26.7. The van der Waals surface area contributed by atoms with Gasteiger partial charge < -0.3 is 4.90 Å². The highest BCUT2D eigenvalue weighted by molar-refractivity contribution is 7.89. The number of sulfonamides is 1. The second-order valence-corrected chi connectivity index (χ2v) is 9.16. The molecule has 1 saturated heterocycles. The lowest BCUT2D eigenvalue weighted by molar-refractivity contribution is 0.0785. The molecule has 0 aromatic heterocycles. The minimum absolute atomic E-state index is 0.125. The zero-order chi connectivity index (χ0) is 19.6. The topological polar surface area (TPSA) is 57.7 Å². The Balaban J connectivity index is 1.73. The van der Waals surface area contributed by atoms with Crippen LogP contribution in [0.25, 0.3) is 0 Å². The Labute approximate surface area is 161 Å². The molecule has 1 heterocycles. The van der Waals surface area contributed by atoms with Gasteiger partial charge in [0.1, 0.15) is 0 Å². The Bertz CT molecular complexity index is 930. The average molecular weight is 387 g/mol. The zero-order valence-corrected chi connectivity index (χ0v) is 16.9. The van der Waals surface area contributed by atoms with E-state index in [9.17, 15) is 13.2 Å². The maximum absolute atomic E-state index is 12.7. The molecule has 1 fully saturated rings. The van der Waals surface area contributed by atoms with Gasteiger partial charge in [0.15, 0.2) is 0 Å². The van der Waals surface area contributed by atoms with Crippen molar-refractivity contribution in [1.82, 2.24) is 9.21 Å². The fraction of sp³-hybridized carbons (Fsp3) is 0.381. The van der Waals surface area contributed by atoms with Crippen LogP contribution in [0, 0.1) is 13.8 Å². The second-order valence-electron chi connectivity index (χ2n) is 7.23. The molecule has 1 amide bonds. The summed E-state index contributed by atoms with van der Waals surface area (Å²) in [5, 5.41) is 0. The van der Waals surface area contributed by atoms with Crippen LogP contribution in [0.5, 0.6) is 0 Å². The molecule has 0 N–H and O–H groups in total. The molecule has 0 atom stereocenters. The number of amides is 1. The highest BCUT2D eigenvalue weighted by atomic mass is 32.2. The summed E-state index contributed by atoms with van der Waals surface area (Å²) in [6.07, 6.45) is 1.80. The Hall–Kier alpha value is -2.18. The molecule has 6 heteroatoms. The van der Waals surface area contributed by atoms with Crippen LogP contribution in [0.4, 0.5) is 0 Å². The van der Waals surface area contributed by atoms with Gasteiger partial charge >= 0.3 is 0 Å². The first kappa shape index (κ1) is 19.6. The molecule has 1 aliphatic rings. The molecule has 144 valence electrons. The number of carbonyl (C=O) groups is 1. The molecule has 2 aromatic rings. The van der Waals surface area contributed by atoms with Crippen molar-refractivity contribution in [3.63, 3.8) is 0 Å². The van der Waals surface area contributed by atoms with Gasteiger partial charge in [0, 0.05) is 32.2 Å². The fourth-order valence-corrected chi connectivity index (χ4v) is 4.94. The van der Waals surface area contributed by atoms with Gasteiger partial charge in [-0.25, -0.2) is 8.42 Å². The number of rotatable bonds is 5. The van der Waals surface area contributed by atoms with Crippen molar-refractivity contribution >= 4 is 15.9 Å². The van der Waals surface area contributed by atoms with E-state index in [1.54, 1.807) is 24.1 Å². The van der Waals surface area contributed by atoms with E-state index in [4.69, 9.17) is 0 Å². The van der Waals surface area contributed by atoms with E-state index >= 15 is 0 Å². The fourth-order valence-electron chi connectivity index (χ4n) is 3.42. The maximum atomic E-state index is 12.7. The molecule has 27 heavy (non-hydrogen) atoms. The van der Waals surface area contributed by atoms with Crippen LogP contribution in [0.15, 0.2) is 47.4 Å². The van der Waals surface area contributed by atoms with Gasteiger partial charge in [0.05, 0.1) is 4.90 Å². The molecule has 0 spiro atoms. The molecular weight excluding hydrogens is 360 g/mol. The summed E-state index contributed by atoms with van der Waals surface area (Å²) in [7, 11) is -1.69. The summed E-state index contributed by atoms with van der Waals surface area (Å²) in [6, 6.07) is 12.5. The molecule has 0 bridgehead atoms. The van der Waals surface area contributed by atoms with Gasteiger partial charge in [0.2, 0.25) is 10.0 Å². The summed E-state index contributed by atoms with van der Waals surface area (Å²) in [5.74, 6) is -0.125. The SMILES string of the molecule is Cc1ccc(CN(C)C(=O)c2ccc(S(=O)(=O)N3CCCC3)cc2)c(C)c1. The predicted octanol–water partition coefficient (Wildman–Crippen LogP) is 3.36. The average Bonchev–Trinajstić information content (AvgIpc) is 3.19. The quantitative estimate of drug-likeness (QED) is 0.792. The van der Waals surface area contributed by atoms with Crippen molar-refractivity contribution in [2.75, 3.05) is 20.1 Å². The molecule has 1 aliphatic heterocycles. The van der Waals surface area contributed by atoms with E-state index in [1.165, 1.54) is 22.0 Å². The number of benzene rings is 2. The van der Waals surface area contributed by atoms with E-state index in [0.29, 0.717) is 25.2 Å². The lowest BCUT2D eigenvalue weighted by Crippen LogP contribution is -2.28. The van der Waals surface area contributed by atoms with Gasteiger partial charge in [-0.3, -0.25) is 4.79 Å². The molecule has 0 saturated carbocycles. The van der Waals surface area contributed by atoms with E-state index in [0.717, 1.165) is 24.0 Å². The number of hydrogen-bond donors (Lipinski definition) is 0. The van der Waals surface area contributed by atoms with Gasteiger partial charge in [-0.1, -0.05) is 23.8 Å². The standard InChI is InChI=1S/C21H26N2O3S/c1-16-6-7-19(17(2)14-16)15-22(3)21(24)18-8-10-20(11-9-18)27(25,26)23-12-4-5-13-23/h6-11,14H,4-5,12-13,15H2,1-3H3. The largest absolute Gasteiger partial charge is 0.337 e. The zero-order valence-electron chi connectivity index (χ0n) is 16.1. The third kappa shape index (κ3) is 4.22. The predicted molar refractivity (Wildman–Crippen MR) is 106 cm³/mol. The van der Waals surface area contributed by atoms with Crippen molar-refractivity contribution in [1.29, 1.82) is 0 Å². The summed E-state index contributed by atoms with van der Waals surface area (Å²) in [5.41, 5.74) is 3.94. The minimum atomic E-state index is -3.45. The first-order valence-corrected chi connectivity index (χ1v) is 10.6. The smallest absolute Gasteiger partial charge is 0.253 e. The Morgan fingerprint density at radius 1 is 1.04 bits per heavy atom. The lowest BCUT2D eigenvalue weighted by Gasteiger charge is -2.19. The van der Waals surface area contributed by atoms with Gasteiger partial charge in [-0.05, 0) is 62.1 Å². The van der Waals surface area contributed by atoms with Crippen LogP contribution >= 0.6 is 0 Å². The summed E-state index contributed by atoms with van der Waals surface area (Å²) in [4.78, 5) is 14.6. The summed E-state index contributed by atoms with van der Waals surface area (Å²) in [6.45, 7) is 5.74. The van der Waals surface area contributed by atoms with E-state index in [1.807, 2.05) is 26.0 Å². The first-order chi connectivity index (χ1) is 12.8. The van der Waals surface area contributed by atoms with Crippen molar-refractivity contribution in [3.05, 3.63) is 64.7 Å². The molecule has 0 radical (unpaired) electrons. The van der Waals surface area contributed by atoms with Gasteiger partial charge in [0.25, 0.3) is 5.91 Å². The molecule has 0 aliphatic carbocycles. The second kappa shape index (κ2) is 7.82. The van der Waals surface area contributed by atoms with Crippen LogP contribution < -0.4 is 0 Å². The molecule has 0 unspecified atom stereocenters. The van der Waals surface area contributed by atoms with E-state index < -0.39 is 10.0 Å². The Morgan fingerprint density at radius 2 is 1.67 bits per heavy atom. The van der Waals surface area contributed by atoms with Crippen LogP contribution in [-0.4, -0.2) is 43.7 Å². The number of carbonyl (C=O) groups excluding carboxylic acids is 1. The number of hydrogen-bond acceptors (Lipinski definition) is 3. The molecule has 5 nitrogen and oxygen atoms in total. The van der Waals surface area contributed by atoms with Crippen molar-refractivity contribution < 1.29 is 13.2 Å². The third-order valence-electron chi connectivity index (χ3n) is 5.06. The first-order valence-electron chi connectivity index (χ1n) is 9.21. The van der Waals surface area contributed by atoms with E-state index in [-0.39, 0.29) is 10.8 Å². The van der Waals surface area contributed by atoms with Gasteiger partial charge in [-0.15, -0.1) is 0 Å². The van der Waals surface area contributed by atoms with Crippen molar-refractivity contribution in [2.45, 2.75) is 38.1 Å². The van der Waals surface area contributed by atoms with Crippen LogP contribution in [0.3, 0.4) is 0 Å². The lowest BCUT2D eigenvalue weighted by atomic mass is 10.1. The Kier molecular flexibility index (Phi) is 5.67. The minimum Gasteiger partial charge on any atom is -0.337 e.